The molecule has 33 heavy (non-hydrogen) atoms. The maximum atomic E-state index is 12.7. The number of hydrogen-bond acceptors (Lipinski definition) is 8. The van der Waals surface area contributed by atoms with Gasteiger partial charge >= 0.3 is 12.3 Å². The van der Waals surface area contributed by atoms with Crippen LogP contribution in [0.2, 0.25) is 0 Å². The predicted molar refractivity (Wildman–Crippen MR) is 106 cm³/mol. The van der Waals surface area contributed by atoms with E-state index in [0.29, 0.717) is 22.5 Å². The van der Waals surface area contributed by atoms with Crippen LogP contribution < -0.4 is 10.1 Å². The van der Waals surface area contributed by atoms with Crippen LogP contribution in [-0.2, 0) is 9.53 Å². The molecule has 0 aliphatic rings. The normalized spacial score (nSPS) is 11.4. The minimum absolute atomic E-state index is 0.0756. The molecule has 4 aromatic rings. The number of nitrogens with zero attached hydrogens (tertiary/aromatic N) is 2. The van der Waals surface area contributed by atoms with Crippen LogP contribution in [0.1, 0.15) is 16.1 Å². The van der Waals surface area contributed by atoms with E-state index in [1.807, 2.05) is 0 Å². The Morgan fingerprint density at radius 1 is 1.15 bits per heavy atom. The average Bonchev–Trinajstić information content (AvgIpc) is 3.42. The van der Waals surface area contributed by atoms with Gasteiger partial charge in [0.1, 0.15) is 11.4 Å². The minimum Gasteiger partial charge on any atom is -0.463 e. The number of esters is 1. The molecule has 0 radical (unpaired) electrons. The minimum atomic E-state index is -4.82. The molecule has 0 atom stereocenters. The number of nitrogens with one attached hydrogen (secondary N) is 1. The number of carbonyl (C=O) groups excluding carboxylic acids is 2. The second-order valence-corrected chi connectivity index (χ2v) is 6.68. The van der Waals surface area contributed by atoms with Crippen LogP contribution in [-0.4, -0.2) is 35.0 Å². The number of hydrogen-bond donors (Lipinski definition) is 1. The van der Waals surface area contributed by atoms with Crippen molar-refractivity contribution in [1.29, 1.82) is 0 Å². The lowest BCUT2D eigenvalue weighted by molar-refractivity contribution is -0.274. The fourth-order valence-corrected chi connectivity index (χ4v) is 2.95. The molecule has 9 nitrogen and oxygen atoms in total. The standard InChI is InChI=1S/C21H14F3N3O6/c1-11-18-14(9-15(16-3-2-8-30-16)26-19(18)33-27-11)20(29)31-10-17(28)25-12-4-6-13(7-5-12)32-21(22,23)24/h2-9H,10H2,1H3,(H,25,28). The number of amides is 1. The molecule has 3 heterocycles. The number of alkyl halides is 3. The number of rotatable bonds is 6. The molecule has 0 unspecified atom stereocenters. The summed E-state index contributed by atoms with van der Waals surface area (Å²) >= 11 is 0. The molecule has 0 aliphatic heterocycles. The molecular weight excluding hydrogens is 447 g/mol. The number of pyridine rings is 1. The van der Waals surface area contributed by atoms with E-state index >= 15 is 0 Å². The second kappa shape index (κ2) is 8.65. The third-order valence-corrected chi connectivity index (χ3v) is 4.32. The Bertz CT molecular complexity index is 1300. The van der Waals surface area contributed by atoms with Gasteiger partial charge in [0.2, 0.25) is 0 Å². The van der Waals surface area contributed by atoms with E-state index in [1.165, 1.54) is 24.5 Å². The number of halogens is 3. The van der Waals surface area contributed by atoms with E-state index in [4.69, 9.17) is 13.7 Å². The van der Waals surface area contributed by atoms with Gasteiger partial charge in [0.25, 0.3) is 11.6 Å². The highest BCUT2D eigenvalue weighted by atomic mass is 19.4. The summed E-state index contributed by atoms with van der Waals surface area (Å²) in [6, 6.07) is 9.22. The Balaban J connectivity index is 1.44. The van der Waals surface area contributed by atoms with Gasteiger partial charge in [0.15, 0.2) is 12.4 Å². The molecule has 0 spiro atoms. The van der Waals surface area contributed by atoms with Gasteiger partial charge in [0, 0.05) is 5.69 Å². The first kappa shape index (κ1) is 21.9. The highest BCUT2D eigenvalue weighted by Crippen LogP contribution is 2.28. The molecule has 0 aliphatic carbocycles. The van der Waals surface area contributed by atoms with Gasteiger partial charge in [-0.3, -0.25) is 4.79 Å². The van der Waals surface area contributed by atoms with Crippen molar-refractivity contribution in [2.45, 2.75) is 13.3 Å². The average molecular weight is 461 g/mol. The van der Waals surface area contributed by atoms with Crippen molar-refractivity contribution in [2.75, 3.05) is 11.9 Å². The van der Waals surface area contributed by atoms with Gasteiger partial charge in [-0.2, -0.15) is 0 Å². The number of aryl methyl sites for hydroxylation is 1. The van der Waals surface area contributed by atoms with E-state index in [0.717, 1.165) is 12.1 Å². The summed E-state index contributed by atoms with van der Waals surface area (Å²) in [6.45, 7) is 0.972. The smallest absolute Gasteiger partial charge is 0.463 e. The zero-order chi connectivity index (χ0) is 23.6. The van der Waals surface area contributed by atoms with Crippen molar-refractivity contribution in [1.82, 2.24) is 10.1 Å². The zero-order valence-corrected chi connectivity index (χ0v) is 16.8. The van der Waals surface area contributed by atoms with Gasteiger partial charge in [-0.05, 0) is 49.4 Å². The molecule has 0 fully saturated rings. The third kappa shape index (κ3) is 5.11. The van der Waals surface area contributed by atoms with Gasteiger partial charge in [-0.1, -0.05) is 5.16 Å². The zero-order valence-electron chi connectivity index (χ0n) is 16.8. The predicted octanol–water partition coefficient (Wildman–Crippen LogP) is 4.49. The Hall–Kier alpha value is -4.35. The maximum Gasteiger partial charge on any atom is 0.573 e. The summed E-state index contributed by atoms with van der Waals surface area (Å²) in [5, 5.41) is 6.54. The first-order chi connectivity index (χ1) is 15.7. The van der Waals surface area contributed by atoms with Gasteiger partial charge in [-0.25, -0.2) is 9.78 Å². The summed E-state index contributed by atoms with van der Waals surface area (Å²) < 4.78 is 56.0. The lowest BCUT2D eigenvalue weighted by Crippen LogP contribution is -2.21. The monoisotopic (exact) mass is 461 g/mol. The van der Waals surface area contributed by atoms with Crippen LogP contribution in [0.5, 0.6) is 5.75 Å². The molecule has 3 aromatic heterocycles. The molecule has 1 aromatic carbocycles. The molecule has 1 N–H and O–H groups in total. The number of carbonyl (C=O) groups is 2. The van der Waals surface area contributed by atoms with Crippen molar-refractivity contribution in [2.24, 2.45) is 0 Å². The summed E-state index contributed by atoms with van der Waals surface area (Å²) in [5.74, 6) is -1.59. The van der Waals surface area contributed by atoms with Crippen LogP contribution in [0.4, 0.5) is 18.9 Å². The van der Waals surface area contributed by atoms with E-state index in [9.17, 15) is 22.8 Å². The van der Waals surface area contributed by atoms with Crippen molar-refractivity contribution in [3.8, 4) is 17.2 Å². The van der Waals surface area contributed by atoms with E-state index < -0.39 is 30.6 Å². The van der Waals surface area contributed by atoms with Crippen molar-refractivity contribution >= 4 is 28.7 Å². The molecule has 170 valence electrons. The lowest BCUT2D eigenvalue weighted by atomic mass is 10.1. The SMILES string of the molecule is Cc1noc2nc(-c3ccco3)cc(C(=O)OCC(=O)Nc3ccc(OC(F)(F)F)cc3)c12. The number of benzene rings is 1. The Morgan fingerprint density at radius 2 is 1.91 bits per heavy atom. The highest BCUT2D eigenvalue weighted by molar-refractivity contribution is 6.05. The Morgan fingerprint density at radius 3 is 2.58 bits per heavy atom. The summed E-state index contributed by atoms with van der Waals surface area (Å²) in [7, 11) is 0. The largest absolute Gasteiger partial charge is 0.573 e. The van der Waals surface area contributed by atoms with Crippen LogP contribution in [0, 0.1) is 6.92 Å². The lowest BCUT2D eigenvalue weighted by Gasteiger charge is -2.10. The molecule has 0 saturated heterocycles. The van der Waals surface area contributed by atoms with E-state index in [-0.39, 0.29) is 17.0 Å². The second-order valence-electron chi connectivity index (χ2n) is 6.68. The summed E-state index contributed by atoms with van der Waals surface area (Å²) in [6.07, 6.45) is -3.38. The number of anilines is 1. The number of furan rings is 1. The topological polar surface area (TPSA) is 117 Å². The fraction of sp³-hybridized carbons (Fsp3) is 0.143. The first-order valence-electron chi connectivity index (χ1n) is 9.33. The molecule has 0 bridgehead atoms. The highest BCUT2D eigenvalue weighted by Gasteiger charge is 2.31. The summed E-state index contributed by atoms with van der Waals surface area (Å²) in [4.78, 5) is 29.1. The van der Waals surface area contributed by atoms with Crippen LogP contribution in [0.3, 0.4) is 0 Å². The summed E-state index contributed by atoms with van der Waals surface area (Å²) in [5.41, 5.74) is 1.07. The van der Waals surface area contributed by atoms with E-state index in [2.05, 4.69) is 20.2 Å². The molecule has 1 amide bonds. The molecule has 12 heteroatoms. The van der Waals surface area contributed by atoms with Crippen molar-refractivity contribution < 1.29 is 41.2 Å². The van der Waals surface area contributed by atoms with Crippen molar-refractivity contribution in [3.63, 3.8) is 0 Å². The first-order valence-corrected chi connectivity index (χ1v) is 9.33. The van der Waals surface area contributed by atoms with Gasteiger partial charge in [-0.15, -0.1) is 13.2 Å². The maximum absolute atomic E-state index is 12.7. The number of ether oxygens (including phenoxy) is 2. The number of aromatic nitrogens is 2. The quantitative estimate of drug-likeness (QED) is 0.418. The van der Waals surface area contributed by atoms with Crippen LogP contribution in [0.15, 0.2) is 57.7 Å². The van der Waals surface area contributed by atoms with Gasteiger partial charge in [0.05, 0.1) is 22.9 Å². The number of fused-ring (bicyclic) bond motifs is 1. The fourth-order valence-electron chi connectivity index (χ4n) is 2.95. The Kier molecular flexibility index (Phi) is 5.73. The molecule has 4 rings (SSSR count). The van der Waals surface area contributed by atoms with Crippen molar-refractivity contribution in [3.05, 3.63) is 60.0 Å². The van der Waals surface area contributed by atoms with Crippen LogP contribution >= 0.6 is 0 Å². The molecule has 0 saturated carbocycles. The van der Waals surface area contributed by atoms with E-state index in [1.54, 1.807) is 19.1 Å². The Labute approximate surface area is 183 Å². The van der Waals surface area contributed by atoms with Crippen LogP contribution in [0.25, 0.3) is 22.6 Å². The third-order valence-electron chi connectivity index (χ3n) is 4.32. The molecular formula is C21H14F3N3O6. The van der Waals surface area contributed by atoms with Gasteiger partial charge < -0.3 is 23.7 Å².